The molecule has 3 aromatic rings. The van der Waals surface area contributed by atoms with Crippen LogP contribution in [-0.2, 0) is 67.2 Å². The number of primary amides is 1. The molecule has 20 heteroatoms. The smallest absolute Gasteiger partial charge is 0.258 e. The first-order chi connectivity index (χ1) is 34.4. The van der Waals surface area contributed by atoms with E-state index in [0.29, 0.717) is 83.8 Å². The van der Waals surface area contributed by atoms with Gasteiger partial charge >= 0.3 is 0 Å². The average molecular weight is 1030 g/mol. The van der Waals surface area contributed by atoms with Gasteiger partial charge in [-0.1, -0.05) is 57.2 Å². The number of likely N-dealkylation sites (tertiary alicyclic amines) is 1. The quantitative estimate of drug-likeness (QED) is 0.0524. The monoisotopic (exact) mass is 1030 g/mol. The molecule has 4 amide bonds. The van der Waals surface area contributed by atoms with Crippen LogP contribution in [0.1, 0.15) is 88.6 Å². The van der Waals surface area contributed by atoms with Crippen LogP contribution in [0.4, 0.5) is 4.39 Å². The number of halogens is 1. The molecule has 400 valence electrons. The highest BCUT2D eigenvalue weighted by Gasteiger charge is 2.53. The molecule has 1 saturated carbocycles. The molecule has 2 fully saturated rings. The van der Waals surface area contributed by atoms with E-state index in [0.717, 1.165) is 34.5 Å². The first-order valence-corrected chi connectivity index (χ1v) is 25.9. The van der Waals surface area contributed by atoms with Crippen molar-refractivity contribution in [1.82, 2.24) is 20.5 Å². The highest BCUT2D eigenvalue weighted by atomic mass is 32.1. The Bertz CT molecular complexity index is 2150. The first-order valence-electron chi connectivity index (χ1n) is 25.0. The topological polar surface area (TPSA) is 245 Å². The molecule has 7 N–H and O–H groups in total. The van der Waals surface area contributed by atoms with Crippen molar-refractivity contribution in [3.05, 3.63) is 70.4 Å². The van der Waals surface area contributed by atoms with Crippen molar-refractivity contribution in [3.63, 3.8) is 0 Å². The lowest BCUT2D eigenvalue weighted by Gasteiger charge is -2.35. The van der Waals surface area contributed by atoms with Gasteiger partial charge in [-0.2, -0.15) is 0 Å². The fourth-order valence-corrected chi connectivity index (χ4v) is 8.64. The standard InChI is InChI=1S/C52H77FN6O12S/c1-35-46(72-34-57-35)39-12-13-40(31-56-48(62)43-30-41(60)32-59(43)49(63)47(51(3,4)5)58-50(64)52(53)16-17-52)44(29-39)70-28-27-69-26-25-68-24-23-67-22-21-66-20-19-65-18-6-7-37-8-10-38(11-9-37)33-71-36(2)42(54)14-15-45(55)61/h8-13,29,34,36,41-43,47,60H,6-7,14-28,30-33,54H2,1-5H3,(H2,55,61)(H,56,62)(H,58,64)/t36-,41-,42+,43+,47-/m1/s1. The average Bonchev–Trinajstić information content (AvgIpc) is 3.76. The number of benzene rings is 2. The van der Waals surface area contributed by atoms with Gasteiger partial charge in [0.2, 0.25) is 17.7 Å². The normalized spacial score (nSPS) is 17.6. The van der Waals surface area contributed by atoms with Crippen molar-refractivity contribution < 1.29 is 61.8 Å². The second-order valence-electron chi connectivity index (χ2n) is 19.5. The van der Waals surface area contributed by atoms with E-state index < -0.39 is 47.0 Å². The van der Waals surface area contributed by atoms with Gasteiger partial charge in [0.05, 0.1) is 94.4 Å². The molecule has 5 atom stereocenters. The lowest BCUT2D eigenvalue weighted by Crippen LogP contribution is -2.59. The van der Waals surface area contributed by atoms with Gasteiger partial charge in [0.15, 0.2) is 5.67 Å². The molecule has 1 aromatic heterocycles. The van der Waals surface area contributed by atoms with Crippen molar-refractivity contribution >= 4 is 35.0 Å². The van der Waals surface area contributed by atoms with Crippen LogP contribution in [0.3, 0.4) is 0 Å². The number of hydrogen-bond donors (Lipinski definition) is 5. The van der Waals surface area contributed by atoms with E-state index in [1.54, 1.807) is 26.3 Å². The zero-order valence-electron chi connectivity index (χ0n) is 42.6. The second kappa shape index (κ2) is 29.3. The third kappa shape index (κ3) is 19.3. The number of aryl methyl sites for hydroxylation is 2. The summed E-state index contributed by atoms with van der Waals surface area (Å²) < 4.78 is 55.0. The lowest BCUT2D eigenvalue weighted by atomic mass is 9.85. The fourth-order valence-electron chi connectivity index (χ4n) is 7.84. The number of nitrogens with one attached hydrogen (secondary N) is 2. The Kier molecular flexibility index (Phi) is 23.7. The Morgan fingerprint density at radius 1 is 0.903 bits per heavy atom. The molecule has 1 saturated heterocycles. The van der Waals surface area contributed by atoms with Gasteiger partial charge in [-0.25, -0.2) is 9.37 Å². The van der Waals surface area contributed by atoms with Crippen LogP contribution in [0.25, 0.3) is 10.4 Å². The molecule has 2 aliphatic rings. The summed E-state index contributed by atoms with van der Waals surface area (Å²) >= 11 is 1.51. The maximum absolute atomic E-state index is 14.6. The second-order valence-corrected chi connectivity index (χ2v) is 20.3. The summed E-state index contributed by atoms with van der Waals surface area (Å²) in [5.74, 6) is -1.68. The Morgan fingerprint density at radius 3 is 2.07 bits per heavy atom. The number of carbonyl (C=O) groups is 4. The van der Waals surface area contributed by atoms with Gasteiger partial charge in [0.1, 0.15) is 24.4 Å². The molecule has 5 rings (SSSR count). The number of aliphatic hydroxyl groups is 1. The summed E-state index contributed by atoms with van der Waals surface area (Å²) in [5, 5.41) is 16.1. The highest BCUT2D eigenvalue weighted by Crippen LogP contribution is 2.40. The number of nitrogens with zero attached hydrogens (tertiary/aromatic N) is 2. The van der Waals surface area contributed by atoms with Crippen molar-refractivity contribution in [2.45, 2.75) is 129 Å². The van der Waals surface area contributed by atoms with Crippen LogP contribution in [0.2, 0.25) is 0 Å². The number of amides is 4. The van der Waals surface area contributed by atoms with Crippen molar-refractivity contribution in [2.24, 2.45) is 16.9 Å². The number of aliphatic hydroxyl groups excluding tert-OH is 1. The number of carbonyl (C=O) groups excluding carboxylic acids is 4. The SMILES string of the molecule is Cc1ncsc1-c1ccc(CNC(=O)[C@@H]2C[C@@H](O)CN2C(=O)[C@@H](NC(=O)C2(F)CC2)C(C)(C)C)c(OCCOCCOCCOCCOCCOCCCc2ccc(CO[C@H](C)[C@@H](N)CCC(N)=O)cc2)c1. The fraction of sp³-hybridized carbons (Fsp3) is 0.635. The Hall–Kier alpha value is -4.64. The van der Waals surface area contributed by atoms with Gasteiger partial charge in [-0.05, 0) is 74.1 Å². The van der Waals surface area contributed by atoms with E-state index in [4.69, 9.17) is 44.6 Å². The van der Waals surface area contributed by atoms with Gasteiger partial charge in [-0.15, -0.1) is 11.3 Å². The van der Waals surface area contributed by atoms with Crippen LogP contribution in [-0.4, -0.2) is 154 Å². The van der Waals surface area contributed by atoms with Gasteiger partial charge < -0.3 is 65.3 Å². The Morgan fingerprint density at radius 2 is 1.50 bits per heavy atom. The number of hydrogen-bond acceptors (Lipinski definition) is 15. The number of β-amino-alcohol motifs (C(OH)–C–C–N with tert-alkyl or cyclic N) is 1. The molecular formula is C52H77FN6O12S. The van der Waals surface area contributed by atoms with Gasteiger partial charge in [0.25, 0.3) is 5.91 Å². The molecule has 72 heavy (non-hydrogen) atoms. The van der Waals surface area contributed by atoms with Crippen LogP contribution < -0.4 is 26.8 Å². The summed E-state index contributed by atoms with van der Waals surface area (Å²) in [4.78, 5) is 57.9. The van der Waals surface area contributed by atoms with E-state index in [1.165, 1.54) is 21.8 Å². The van der Waals surface area contributed by atoms with Gasteiger partial charge in [-0.3, -0.25) is 19.2 Å². The molecule has 0 radical (unpaired) electrons. The number of nitrogens with two attached hydrogens (primary N) is 2. The van der Waals surface area contributed by atoms with Crippen LogP contribution in [0, 0.1) is 12.3 Å². The number of aromatic nitrogens is 1. The first kappa shape index (κ1) is 58.3. The number of ether oxygens (including phenoxy) is 7. The van der Waals surface area contributed by atoms with Gasteiger partial charge in [0, 0.05) is 44.1 Å². The molecule has 0 spiro atoms. The summed E-state index contributed by atoms with van der Waals surface area (Å²) in [6, 6.07) is 11.6. The number of thiazole rings is 1. The molecule has 0 unspecified atom stereocenters. The lowest BCUT2D eigenvalue weighted by molar-refractivity contribution is -0.145. The van der Waals surface area contributed by atoms with Crippen molar-refractivity contribution in [3.8, 4) is 16.2 Å². The maximum Gasteiger partial charge on any atom is 0.258 e. The molecule has 1 aliphatic heterocycles. The van der Waals surface area contributed by atoms with E-state index in [2.05, 4.69) is 39.9 Å². The van der Waals surface area contributed by atoms with Crippen molar-refractivity contribution in [2.75, 3.05) is 79.2 Å². The van der Waals surface area contributed by atoms with Crippen LogP contribution in [0.15, 0.2) is 48.0 Å². The van der Waals surface area contributed by atoms with E-state index >= 15 is 0 Å². The van der Waals surface area contributed by atoms with E-state index in [9.17, 15) is 28.7 Å². The Labute approximate surface area is 427 Å². The largest absolute Gasteiger partial charge is 0.491 e. The van der Waals surface area contributed by atoms with Crippen LogP contribution in [0.5, 0.6) is 5.75 Å². The molecule has 18 nitrogen and oxygen atoms in total. The van der Waals surface area contributed by atoms with Crippen molar-refractivity contribution in [1.29, 1.82) is 0 Å². The van der Waals surface area contributed by atoms with E-state index in [-0.39, 0.29) is 70.0 Å². The third-order valence-corrected chi connectivity index (χ3v) is 13.4. The minimum atomic E-state index is -1.97. The molecule has 1 aliphatic carbocycles. The van der Waals surface area contributed by atoms with Crippen LogP contribution >= 0.6 is 11.3 Å². The molecular weight excluding hydrogens is 952 g/mol. The number of alkyl halides is 1. The zero-order chi connectivity index (χ0) is 52.1. The number of rotatable bonds is 34. The summed E-state index contributed by atoms with van der Waals surface area (Å²) in [6.07, 6.45) is 1.65. The van der Waals surface area contributed by atoms with E-state index in [1.807, 2.05) is 32.0 Å². The summed E-state index contributed by atoms with van der Waals surface area (Å²) in [7, 11) is 0. The molecule has 0 bridgehead atoms. The maximum atomic E-state index is 14.6. The Balaban J connectivity index is 0.913. The predicted molar refractivity (Wildman–Crippen MR) is 270 cm³/mol. The minimum absolute atomic E-state index is 0.0167. The summed E-state index contributed by atoms with van der Waals surface area (Å²) in [6.45, 7) is 14.1. The minimum Gasteiger partial charge on any atom is -0.491 e. The molecule has 2 heterocycles. The predicted octanol–water partition coefficient (Wildman–Crippen LogP) is 4.32. The third-order valence-electron chi connectivity index (χ3n) is 12.5. The molecule has 2 aromatic carbocycles. The summed E-state index contributed by atoms with van der Waals surface area (Å²) in [5.41, 5.74) is 15.1. The highest BCUT2D eigenvalue weighted by molar-refractivity contribution is 7.13. The zero-order valence-corrected chi connectivity index (χ0v) is 43.4.